The smallest absolute Gasteiger partial charge is 0.270 e. The summed E-state index contributed by atoms with van der Waals surface area (Å²) in [6, 6.07) is 11.1. The number of H-pyrrole nitrogens is 1. The average molecular weight is 437 g/mol. The number of rotatable bonds is 6. The zero-order valence-electron chi connectivity index (χ0n) is 18.7. The molecule has 8 nitrogen and oxygen atoms in total. The van der Waals surface area contributed by atoms with E-state index in [-0.39, 0.29) is 11.7 Å². The van der Waals surface area contributed by atoms with Gasteiger partial charge in [-0.25, -0.2) is 0 Å². The quantitative estimate of drug-likeness (QED) is 0.596. The standard InChI is InChI=1S/C24H27N3O5/c1-15(28)16-5-7-17(8-6-16)26-9-11-27(12-10-26)24(29)19-13-18-20(30-2)14-21(31-3)23(32-4)22(18)25-19/h5-8,13-14,25H,9-12H2,1-4H3. The van der Waals surface area contributed by atoms with E-state index in [9.17, 15) is 9.59 Å². The first kappa shape index (κ1) is 21.5. The first-order valence-electron chi connectivity index (χ1n) is 10.4. The number of methoxy groups -OCH3 is 3. The van der Waals surface area contributed by atoms with E-state index >= 15 is 0 Å². The van der Waals surface area contributed by atoms with Crippen LogP contribution >= 0.6 is 0 Å². The molecule has 0 atom stereocenters. The molecule has 1 amide bonds. The van der Waals surface area contributed by atoms with Crippen molar-refractivity contribution in [2.24, 2.45) is 0 Å². The largest absolute Gasteiger partial charge is 0.496 e. The van der Waals surface area contributed by atoms with Gasteiger partial charge in [0.1, 0.15) is 11.4 Å². The minimum atomic E-state index is -0.0733. The van der Waals surface area contributed by atoms with E-state index in [1.165, 1.54) is 0 Å². The fourth-order valence-electron chi connectivity index (χ4n) is 4.10. The fraction of sp³-hybridized carbons (Fsp3) is 0.333. The zero-order chi connectivity index (χ0) is 22.8. The SMILES string of the molecule is COc1cc(OC)c2cc(C(=O)N3CCN(c4ccc(C(C)=O)cc4)CC3)[nH]c2c1OC. The van der Waals surface area contributed by atoms with Crippen LogP contribution in [0.3, 0.4) is 0 Å². The number of aromatic amines is 1. The Morgan fingerprint density at radius 1 is 0.875 bits per heavy atom. The van der Waals surface area contributed by atoms with E-state index in [2.05, 4.69) is 9.88 Å². The summed E-state index contributed by atoms with van der Waals surface area (Å²) in [5.41, 5.74) is 2.89. The van der Waals surface area contributed by atoms with Gasteiger partial charge in [0.15, 0.2) is 17.3 Å². The lowest BCUT2D eigenvalue weighted by atomic mass is 10.1. The number of carbonyl (C=O) groups excluding carboxylic acids is 2. The van der Waals surface area contributed by atoms with E-state index in [1.807, 2.05) is 29.2 Å². The van der Waals surface area contributed by atoms with Gasteiger partial charge in [0.2, 0.25) is 0 Å². The van der Waals surface area contributed by atoms with Crippen LogP contribution in [-0.2, 0) is 0 Å². The number of ketones is 1. The minimum absolute atomic E-state index is 0.0520. The Hall–Kier alpha value is -3.68. The number of piperazine rings is 1. The maximum atomic E-state index is 13.2. The summed E-state index contributed by atoms with van der Waals surface area (Å²) in [6.07, 6.45) is 0. The number of aromatic nitrogens is 1. The van der Waals surface area contributed by atoms with E-state index in [0.29, 0.717) is 60.2 Å². The molecule has 0 saturated carbocycles. The molecule has 8 heteroatoms. The van der Waals surface area contributed by atoms with Crippen LogP contribution in [0.1, 0.15) is 27.8 Å². The molecule has 1 aliphatic rings. The summed E-state index contributed by atoms with van der Waals surface area (Å²) in [5, 5.41) is 0.762. The highest BCUT2D eigenvalue weighted by atomic mass is 16.5. The van der Waals surface area contributed by atoms with Gasteiger partial charge in [-0.3, -0.25) is 9.59 Å². The van der Waals surface area contributed by atoms with Gasteiger partial charge in [0.25, 0.3) is 5.91 Å². The summed E-state index contributed by atoms with van der Waals surface area (Å²) in [7, 11) is 4.71. The average Bonchev–Trinajstić information content (AvgIpc) is 3.28. The molecule has 0 bridgehead atoms. The number of Topliss-reactive ketones (excluding diaryl/α,β-unsaturated/α-hetero) is 1. The van der Waals surface area contributed by atoms with Crippen LogP contribution < -0.4 is 19.1 Å². The molecule has 1 N–H and O–H groups in total. The van der Waals surface area contributed by atoms with Gasteiger partial charge in [-0.2, -0.15) is 0 Å². The third kappa shape index (κ3) is 3.84. The maximum Gasteiger partial charge on any atom is 0.270 e. The van der Waals surface area contributed by atoms with Crippen LogP contribution in [0, 0.1) is 0 Å². The van der Waals surface area contributed by atoms with Crippen molar-refractivity contribution in [3.8, 4) is 17.2 Å². The molecular weight excluding hydrogens is 410 g/mol. The normalized spacial score (nSPS) is 13.9. The number of anilines is 1. The molecular formula is C24H27N3O5. The second-order valence-corrected chi connectivity index (χ2v) is 7.67. The molecule has 0 spiro atoms. The number of nitrogens with one attached hydrogen (secondary N) is 1. The number of hydrogen-bond donors (Lipinski definition) is 1. The van der Waals surface area contributed by atoms with Gasteiger partial charge in [0, 0.05) is 48.9 Å². The predicted octanol–water partition coefficient (Wildman–Crippen LogP) is 3.36. The van der Waals surface area contributed by atoms with E-state index in [1.54, 1.807) is 40.4 Å². The molecule has 2 heterocycles. The molecule has 0 radical (unpaired) electrons. The highest BCUT2D eigenvalue weighted by molar-refractivity contribution is 6.02. The van der Waals surface area contributed by atoms with Crippen molar-refractivity contribution in [1.29, 1.82) is 0 Å². The van der Waals surface area contributed by atoms with Crippen LogP contribution in [0.15, 0.2) is 36.4 Å². The minimum Gasteiger partial charge on any atom is -0.496 e. The summed E-state index contributed by atoms with van der Waals surface area (Å²) in [6.45, 7) is 4.18. The van der Waals surface area contributed by atoms with E-state index in [0.717, 1.165) is 11.1 Å². The van der Waals surface area contributed by atoms with Crippen molar-refractivity contribution in [2.75, 3.05) is 52.4 Å². The Bertz CT molecular complexity index is 1140. The molecule has 0 unspecified atom stereocenters. The van der Waals surface area contributed by atoms with Gasteiger partial charge in [-0.15, -0.1) is 0 Å². The molecule has 0 aliphatic carbocycles. The molecule has 1 fully saturated rings. The van der Waals surface area contributed by atoms with Crippen LogP contribution in [0.2, 0.25) is 0 Å². The van der Waals surface area contributed by atoms with Crippen molar-refractivity contribution in [1.82, 2.24) is 9.88 Å². The second kappa shape index (κ2) is 8.82. The molecule has 1 aromatic heterocycles. The highest BCUT2D eigenvalue weighted by Crippen LogP contribution is 2.41. The van der Waals surface area contributed by atoms with Gasteiger partial charge in [-0.05, 0) is 37.3 Å². The Labute approximate surface area is 186 Å². The predicted molar refractivity (Wildman–Crippen MR) is 123 cm³/mol. The van der Waals surface area contributed by atoms with Crippen molar-refractivity contribution in [3.63, 3.8) is 0 Å². The molecule has 32 heavy (non-hydrogen) atoms. The molecule has 1 saturated heterocycles. The number of amides is 1. The van der Waals surface area contributed by atoms with Crippen LogP contribution in [0.25, 0.3) is 10.9 Å². The fourth-order valence-corrected chi connectivity index (χ4v) is 4.10. The number of nitrogens with zero attached hydrogens (tertiary/aromatic N) is 2. The van der Waals surface area contributed by atoms with Gasteiger partial charge in [0.05, 0.1) is 26.8 Å². The lowest BCUT2D eigenvalue weighted by molar-refractivity contribution is 0.0741. The molecule has 2 aromatic carbocycles. The summed E-state index contributed by atoms with van der Waals surface area (Å²) in [5.74, 6) is 1.64. The van der Waals surface area contributed by atoms with Crippen molar-refractivity contribution >= 4 is 28.3 Å². The van der Waals surface area contributed by atoms with Crippen molar-refractivity contribution in [2.45, 2.75) is 6.92 Å². The number of hydrogen-bond acceptors (Lipinski definition) is 6. The lowest BCUT2D eigenvalue weighted by Gasteiger charge is -2.36. The summed E-state index contributed by atoms with van der Waals surface area (Å²) in [4.78, 5) is 31.9. The van der Waals surface area contributed by atoms with Crippen LogP contribution in [0.4, 0.5) is 5.69 Å². The van der Waals surface area contributed by atoms with Gasteiger partial charge >= 0.3 is 0 Å². The Morgan fingerprint density at radius 2 is 1.53 bits per heavy atom. The third-order valence-electron chi connectivity index (χ3n) is 5.88. The maximum absolute atomic E-state index is 13.2. The molecule has 4 rings (SSSR count). The summed E-state index contributed by atoms with van der Waals surface area (Å²) < 4.78 is 16.4. The van der Waals surface area contributed by atoms with Gasteiger partial charge < -0.3 is 29.0 Å². The third-order valence-corrected chi connectivity index (χ3v) is 5.88. The molecule has 168 valence electrons. The second-order valence-electron chi connectivity index (χ2n) is 7.67. The monoisotopic (exact) mass is 437 g/mol. The number of carbonyl (C=O) groups is 2. The number of ether oxygens (including phenoxy) is 3. The van der Waals surface area contributed by atoms with Crippen LogP contribution in [0.5, 0.6) is 17.2 Å². The van der Waals surface area contributed by atoms with Gasteiger partial charge in [-0.1, -0.05) is 0 Å². The van der Waals surface area contributed by atoms with Crippen LogP contribution in [-0.4, -0.2) is 69.1 Å². The number of fused-ring (bicyclic) bond motifs is 1. The highest BCUT2D eigenvalue weighted by Gasteiger charge is 2.25. The first-order valence-corrected chi connectivity index (χ1v) is 10.4. The van der Waals surface area contributed by atoms with Crippen molar-refractivity contribution < 1.29 is 23.8 Å². The Kier molecular flexibility index (Phi) is 5.94. The molecule has 1 aliphatic heterocycles. The lowest BCUT2D eigenvalue weighted by Crippen LogP contribution is -2.48. The number of benzene rings is 2. The Morgan fingerprint density at radius 3 is 2.09 bits per heavy atom. The summed E-state index contributed by atoms with van der Waals surface area (Å²) >= 11 is 0. The topological polar surface area (TPSA) is 84.1 Å². The zero-order valence-corrected chi connectivity index (χ0v) is 18.7. The Balaban J connectivity index is 1.52. The van der Waals surface area contributed by atoms with Crippen molar-refractivity contribution in [3.05, 3.63) is 47.7 Å². The van der Waals surface area contributed by atoms with E-state index < -0.39 is 0 Å². The first-order chi connectivity index (χ1) is 15.5. The van der Waals surface area contributed by atoms with E-state index in [4.69, 9.17) is 14.2 Å². The molecule has 3 aromatic rings.